The van der Waals surface area contributed by atoms with Gasteiger partial charge in [-0.2, -0.15) is 9.99 Å². The van der Waals surface area contributed by atoms with E-state index in [1.54, 1.807) is 42.5 Å². The van der Waals surface area contributed by atoms with Crippen molar-refractivity contribution < 1.29 is 14.3 Å². The lowest BCUT2D eigenvalue weighted by Crippen LogP contribution is -2.45. The summed E-state index contributed by atoms with van der Waals surface area (Å²) < 4.78 is 5.79. The van der Waals surface area contributed by atoms with Crippen LogP contribution in [0.2, 0.25) is 10.0 Å². The van der Waals surface area contributed by atoms with E-state index in [0.717, 1.165) is 0 Å². The minimum Gasteiger partial charge on any atom is -0.489 e. The summed E-state index contributed by atoms with van der Waals surface area (Å²) in [6, 6.07) is 9.63. The predicted octanol–water partition coefficient (Wildman–Crippen LogP) is 1.94. The number of nitrogens with zero attached hydrogens (tertiary/aromatic N) is 5. The van der Waals surface area contributed by atoms with Crippen LogP contribution in [0.15, 0.2) is 42.5 Å². The summed E-state index contributed by atoms with van der Waals surface area (Å²) in [5.74, 6) is 11.0. The van der Waals surface area contributed by atoms with Gasteiger partial charge in [-0.15, -0.1) is 10.2 Å². The van der Waals surface area contributed by atoms with Crippen LogP contribution in [0.1, 0.15) is 5.56 Å². The van der Waals surface area contributed by atoms with Gasteiger partial charge in [0.2, 0.25) is 0 Å². The minimum absolute atomic E-state index is 0.0640. The molecule has 0 aliphatic rings. The van der Waals surface area contributed by atoms with Crippen molar-refractivity contribution in [3.05, 3.63) is 58.1 Å². The Morgan fingerprint density at radius 1 is 0.938 bits per heavy atom. The molecule has 0 saturated carbocycles. The van der Waals surface area contributed by atoms with Crippen molar-refractivity contribution in [1.29, 1.82) is 0 Å². The van der Waals surface area contributed by atoms with Gasteiger partial charge in [-0.25, -0.2) is 26.3 Å². The Balaban J connectivity index is 1.96. The summed E-state index contributed by atoms with van der Waals surface area (Å²) in [5, 5.41) is 9.61. The van der Waals surface area contributed by atoms with Crippen molar-refractivity contribution in [3.8, 4) is 17.0 Å². The lowest BCUT2D eigenvalue weighted by Gasteiger charge is -2.18. The van der Waals surface area contributed by atoms with Gasteiger partial charge in [-0.1, -0.05) is 41.4 Å². The summed E-state index contributed by atoms with van der Waals surface area (Å²) in [4.78, 5) is 26.9. The number of aromatic nitrogens is 3. The number of carbonyl (C=O) groups is 2. The molecule has 0 unspecified atom stereocenters. The molecule has 0 aliphatic heterocycles. The third kappa shape index (κ3) is 4.95. The van der Waals surface area contributed by atoms with E-state index in [0.29, 0.717) is 36.9 Å². The molecule has 14 heteroatoms. The number of halogens is 2. The molecule has 0 spiro atoms. The third-order valence-electron chi connectivity index (χ3n) is 4.13. The van der Waals surface area contributed by atoms with Gasteiger partial charge in [0.05, 0.1) is 0 Å². The molecule has 0 fully saturated rings. The van der Waals surface area contributed by atoms with Crippen LogP contribution in [-0.4, -0.2) is 27.2 Å². The summed E-state index contributed by atoms with van der Waals surface area (Å²) in [6.07, 6.45) is 0. The molecule has 3 aromatic rings. The van der Waals surface area contributed by atoms with E-state index in [-0.39, 0.29) is 18.1 Å². The first-order chi connectivity index (χ1) is 15.2. The van der Waals surface area contributed by atoms with Crippen LogP contribution in [0, 0.1) is 0 Å². The number of benzene rings is 2. The number of carbonyl (C=O) groups excluding carboxylic acids is 2. The summed E-state index contributed by atoms with van der Waals surface area (Å²) in [7, 11) is 0. The predicted molar refractivity (Wildman–Crippen MR) is 119 cm³/mol. The molecule has 166 valence electrons. The number of anilines is 2. The van der Waals surface area contributed by atoms with Crippen LogP contribution >= 0.6 is 23.2 Å². The Morgan fingerprint density at radius 3 is 2.19 bits per heavy atom. The molecule has 1 heterocycles. The van der Waals surface area contributed by atoms with Crippen LogP contribution in [0.5, 0.6) is 5.75 Å². The van der Waals surface area contributed by atoms with Crippen molar-refractivity contribution in [2.24, 2.45) is 23.2 Å². The highest BCUT2D eigenvalue weighted by Gasteiger charge is 2.22. The Labute approximate surface area is 191 Å². The summed E-state index contributed by atoms with van der Waals surface area (Å²) in [5.41, 5.74) is 11.5. The summed E-state index contributed by atoms with van der Waals surface area (Å²) in [6.45, 7) is 0.0999. The molecular formula is C18H17Cl2N9O3. The van der Waals surface area contributed by atoms with Gasteiger partial charge in [-0.05, 0) is 24.3 Å². The van der Waals surface area contributed by atoms with Crippen LogP contribution in [-0.2, 0) is 6.61 Å². The molecule has 0 aliphatic carbocycles. The topological polar surface area (TPSA) is 193 Å². The lowest BCUT2D eigenvalue weighted by atomic mass is 10.1. The maximum absolute atomic E-state index is 11.6. The summed E-state index contributed by atoms with van der Waals surface area (Å²) >= 11 is 12.3. The molecule has 2 aromatic carbocycles. The number of ether oxygens (including phenoxy) is 1. The van der Waals surface area contributed by atoms with Crippen LogP contribution < -0.4 is 37.9 Å². The van der Waals surface area contributed by atoms with E-state index in [4.69, 9.17) is 51.1 Å². The number of hydrogen-bond donors (Lipinski definition) is 4. The van der Waals surface area contributed by atoms with E-state index >= 15 is 0 Å². The Hall–Kier alpha value is -3.71. The zero-order valence-electron chi connectivity index (χ0n) is 16.3. The van der Waals surface area contributed by atoms with E-state index in [1.807, 2.05) is 0 Å². The zero-order valence-corrected chi connectivity index (χ0v) is 17.8. The van der Waals surface area contributed by atoms with Gasteiger partial charge in [0, 0.05) is 21.2 Å². The van der Waals surface area contributed by atoms with Crippen molar-refractivity contribution in [1.82, 2.24) is 15.2 Å². The molecule has 0 saturated heterocycles. The molecule has 4 amide bonds. The highest BCUT2D eigenvalue weighted by molar-refractivity contribution is 6.35. The molecular weight excluding hydrogens is 461 g/mol. The number of amides is 4. The van der Waals surface area contributed by atoms with Gasteiger partial charge in [0.25, 0.3) is 5.95 Å². The monoisotopic (exact) mass is 477 g/mol. The van der Waals surface area contributed by atoms with Crippen LogP contribution in [0.25, 0.3) is 11.3 Å². The third-order valence-corrected chi connectivity index (χ3v) is 4.84. The SMILES string of the molecule is NC(=O)N(N)c1nnc(-c2cccc(OCc3c(Cl)cccc3Cl)c2)c(N(N)C(N)=O)n1. The van der Waals surface area contributed by atoms with Crippen molar-refractivity contribution >= 4 is 47.0 Å². The van der Waals surface area contributed by atoms with Gasteiger partial charge in [-0.3, -0.25) is 0 Å². The standard InChI is InChI=1S/C18H17Cl2N9O3/c19-12-5-2-6-13(20)11(12)8-32-10-4-1-3-9(7-10)14-15(28(23)16(21)30)25-18(27-26-14)29(24)17(22)31/h1-7H,8,23-24H2,(H2,21,30)(H2,22,31). The van der Waals surface area contributed by atoms with Gasteiger partial charge < -0.3 is 16.2 Å². The maximum Gasteiger partial charge on any atom is 0.336 e. The van der Waals surface area contributed by atoms with Gasteiger partial charge >= 0.3 is 12.1 Å². The second-order valence-electron chi connectivity index (χ2n) is 6.22. The fraction of sp³-hybridized carbons (Fsp3) is 0.0556. The second kappa shape index (κ2) is 9.62. The first kappa shape index (κ1) is 23.0. The van der Waals surface area contributed by atoms with Gasteiger partial charge in [0.15, 0.2) is 5.82 Å². The van der Waals surface area contributed by atoms with Crippen LogP contribution in [0.3, 0.4) is 0 Å². The van der Waals surface area contributed by atoms with Crippen molar-refractivity contribution in [3.63, 3.8) is 0 Å². The Kier molecular flexibility index (Phi) is 6.90. The highest BCUT2D eigenvalue weighted by Crippen LogP contribution is 2.30. The van der Waals surface area contributed by atoms with Crippen molar-refractivity contribution in [2.45, 2.75) is 6.61 Å². The quantitative estimate of drug-likeness (QED) is 0.234. The van der Waals surface area contributed by atoms with E-state index in [1.165, 1.54) is 0 Å². The number of hydrogen-bond acceptors (Lipinski definition) is 8. The van der Waals surface area contributed by atoms with E-state index < -0.39 is 18.0 Å². The Morgan fingerprint density at radius 2 is 1.56 bits per heavy atom. The number of hydrazine groups is 2. The first-order valence-corrected chi connectivity index (χ1v) is 9.54. The smallest absolute Gasteiger partial charge is 0.336 e. The number of primary amides is 2. The average molecular weight is 478 g/mol. The molecule has 12 nitrogen and oxygen atoms in total. The fourth-order valence-electron chi connectivity index (χ4n) is 2.53. The Bertz CT molecular complexity index is 1160. The highest BCUT2D eigenvalue weighted by atomic mass is 35.5. The van der Waals surface area contributed by atoms with E-state index in [2.05, 4.69) is 15.2 Å². The normalized spacial score (nSPS) is 10.5. The minimum atomic E-state index is -1.05. The van der Waals surface area contributed by atoms with Crippen molar-refractivity contribution in [2.75, 3.05) is 10.0 Å². The molecule has 0 radical (unpaired) electrons. The average Bonchev–Trinajstić information content (AvgIpc) is 2.77. The van der Waals surface area contributed by atoms with Gasteiger partial charge in [0.1, 0.15) is 18.1 Å². The fourth-order valence-corrected chi connectivity index (χ4v) is 3.03. The molecule has 0 atom stereocenters. The largest absolute Gasteiger partial charge is 0.489 e. The molecule has 8 N–H and O–H groups in total. The van der Waals surface area contributed by atoms with Crippen LogP contribution in [0.4, 0.5) is 21.4 Å². The van der Waals surface area contributed by atoms with E-state index in [9.17, 15) is 9.59 Å². The molecule has 1 aromatic heterocycles. The number of urea groups is 2. The first-order valence-electron chi connectivity index (χ1n) is 8.78. The second-order valence-corrected chi connectivity index (χ2v) is 7.03. The molecule has 3 rings (SSSR count). The molecule has 0 bridgehead atoms. The lowest BCUT2D eigenvalue weighted by molar-refractivity contribution is 0.253. The number of nitrogens with two attached hydrogens (primary N) is 4. The number of rotatable bonds is 6. The molecule has 32 heavy (non-hydrogen) atoms. The maximum atomic E-state index is 11.6. The zero-order chi connectivity index (χ0) is 23.4.